The monoisotopic (exact) mass is 570 g/mol. The fourth-order valence-electron chi connectivity index (χ4n) is 6.40. The number of fused-ring (bicyclic) bond motifs is 1. The molecule has 10 heteroatoms. The lowest BCUT2D eigenvalue weighted by Crippen LogP contribution is -2.59. The number of nitrogens with zero attached hydrogens (tertiary/aromatic N) is 7. The number of piperidine rings is 1. The van der Waals surface area contributed by atoms with Crippen molar-refractivity contribution < 1.29 is 9.59 Å². The van der Waals surface area contributed by atoms with Gasteiger partial charge in [-0.15, -0.1) is 5.10 Å². The second kappa shape index (κ2) is 11.4. The van der Waals surface area contributed by atoms with Crippen LogP contribution >= 0.6 is 0 Å². The number of carbonyl (C=O) groups is 2. The van der Waals surface area contributed by atoms with Gasteiger partial charge in [-0.3, -0.25) is 4.79 Å². The molecule has 0 radical (unpaired) electrons. The summed E-state index contributed by atoms with van der Waals surface area (Å²) in [7, 11) is 4.04. The number of benzene rings is 1. The Hall–Kier alpha value is -3.92. The molecule has 5 heterocycles. The van der Waals surface area contributed by atoms with E-state index < -0.39 is 0 Å². The number of aromatic nitrogens is 3. The molecule has 0 bridgehead atoms. The quantitative estimate of drug-likeness (QED) is 0.483. The normalized spacial score (nSPS) is 19.7. The van der Waals surface area contributed by atoms with Gasteiger partial charge >= 0.3 is 6.03 Å². The van der Waals surface area contributed by atoms with Crippen LogP contribution in [0.25, 0.3) is 11.2 Å². The lowest BCUT2D eigenvalue weighted by atomic mass is 9.85. The maximum Gasteiger partial charge on any atom is 0.320 e. The number of amides is 3. The maximum absolute atomic E-state index is 13.1. The third-order valence-corrected chi connectivity index (χ3v) is 8.86. The number of carbonyl (C=O) groups excluding carboxylic acids is 2. The van der Waals surface area contributed by atoms with E-state index in [0.29, 0.717) is 18.1 Å². The van der Waals surface area contributed by atoms with Crippen molar-refractivity contribution in [3.63, 3.8) is 0 Å². The average Bonchev–Trinajstić information content (AvgIpc) is 3.22. The number of pyridine rings is 1. The van der Waals surface area contributed by atoms with Crippen molar-refractivity contribution in [3.05, 3.63) is 59.8 Å². The maximum atomic E-state index is 13.1. The van der Waals surface area contributed by atoms with Crippen molar-refractivity contribution in [2.75, 3.05) is 58.7 Å². The molecule has 2 fully saturated rings. The van der Waals surface area contributed by atoms with Crippen LogP contribution in [0.3, 0.4) is 0 Å². The summed E-state index contributed by atoms with van der Waals surface area (Å²) < 4.78 is 1.79. The van der Waals surface area contributed by atoms with Gasteiger partial charge in [0.05, 0.1) is 0 Å². The predicted molar refractivity (Wildman–Crippen MR) is 165 cm³/mol. The summed E-state index contributed by atoms with van der Waals surface area (Å²) in [6.07, 6.45) is 7.87. The number of nitrogens with one attached hydrogen (secondary N) is 1. The molecular formula is C32H42N8O2. The minimum absolute atomic E-state index is 0.0530. The van der Waals surface area contributed by atoms with Crippen molar-refractivity contribution in [1.82, 2.24) is 34.2 Å². The van der Waals surface area contributed by atoms with E-state index >= 15 is 0 Å². The van der Waals surface area contributed by atoms with Gasteiger partial charge in [-0.05, 0) is 87.8 Å². The molecule has 0 saturated carbocycles. The Morgan fingerprint density at radius 3 is 2.48 bits per heavy atom. The zero-order valence-corrected chi connectivity index (χ0v) is 25.2. The van der Waals surface area contributed by atoms with Gasteiger partial charge in [0.15, 0.2) is 5.65 Å². The molecule has 42 heavy (non-hydrogen) atoms. The van der Waals surface area contributed by atoms with Gasteiger partial charge in [0.1, 0.15) is 0 Å². The molecule has 0 unspecified atom stereocenters. The van der Waals surface area contributed by atoms with E-state index in [2.05, 4.69) is 48.4 Å². The first-order valence-corrected chi connectivity index (χ1v) is 15.1. The van der Waals surface area contributed by atoms with Crippen LogP contribution in [-0.2, 0) is 0 Å². The summed E-state index contributed by atoms with van der Waals surface area (Å²) in [5.41, 5.74) is 4.73. The van der Waals surface area contributed by atoms with Crippen LogP contribution in [-0.4, -0.2) is 106 Å². The molecule has 2 aromatic heterocycles. The van der Waals surface area contributed by atoms with Gasteiger partial charge in [0.25, 0.3) is 5.91 Å². The number of rotatable bonds is 5. The minimum Gasteiger partial charge on any atom is -0.339 e. The lowest BCUT2D eigenvalue weighted by molar-refractivity contribution is 0.0442. The van der Waals surface area contributed by atoms with E-state index in [1.54, 1.807) is 4.52 Å². The fourth-order valence-corrected chi connectivity index (χ4v) is 6.40. The molecule has 10 nitrogen and oxygen atoms in total. The highest BCUT2D eigenvalue weighted by molar-refractivity contribution is 5.94. The Labute approximate surface area is 248 Å². The fraction of sp³-hybridized carbons (Fsp3) is 0.500. The van der Waals surface area contributed by atoms with Crippen molar-refractivity contribution in [3.8, 4) is 0 Å². The van der Waals surface area contributed by atoms with Crippen LogP contribution in [0, 0.1) is 5.41 Å². The molecule has 0 aliphatic carbocycles. The van der Waals surface area contributed by atoms with Crippen LogP contribution in [0.4, 0.5) is 16.4 Å². The average molecular weight is 571 g/mol. The van der Waals surface area contributed by atoms with Crippen molar-refractivity contribution in [2.24, 2.45) is 5.41 Å². The highest BCUT2D eigenvalue weighted by atomic mass is 16.2. The summed E-state index contributed by atoms with van der Waals surface area (Å²) in [6, 6.07) is 12.0. The largest absolute Gasteiger partial charge is 0.339 e. The zero-order chi connectivity index (χ0) is 29.4. The number of allylic oxidation sites excluding steroid dienone is 1. The lowest BCUT2D eigenvalue weighted by Gasteiger charge is -2.47. The molecule has 0 atom stereocenters. The molecule has 6 rings (SSSR count). The van der Waals surface area contributed by atoms with Gasteiger partial charge in [-0.1, -0.05) is 19.9 Å². The van der Waals surface area contributed by atoms with Crippen molar-refractivity contribution in [2.45, 2.75) is 45.6 Å². The van der Waals surface area contributed by atoms with E-state index in [1.807, 2.05) is 58.3 Å². The first-order valence-electron chi connectivity index (χ1n) is 15.1. The van der Waals surface area contributed by atoms with Gasteiger partial charge in [0.2, 0.25) is 5.95 Å². The second-order valence-corrected chi connectivity index (χ2v) is 12.9. The Balaban J connectivity index is 1.12. The van der Waals surface area contributed by atoms with Gasteiger partial charge in [0, 0.05) is 67.7 Å². The van der Waals surface area contributed by atoms with Crippen LogP contribution < -0.4 is 5.32 Å². The molecule has 3 amide bonds. The van der Waals surface area contributed by atoms with E-state index in [1.165, 1.54) is 5.57 Å². The Bertz CT molecular complexity index is 1480. The third kappa shape index (κ3) is 5.86. The molecule has 3 aliphatic rings. The topological polar surface area (TPSA) is 89.3 Å². The van der Waals surface area contributed by atoms with Crippen LogP contribution in [0.15, 0.2) is 48.7 Å². The number of hydrogen-bond donors (Lipinski definition) is 1. The Morgan fingerprint density at radius 1 is 1.02 bits per heavy atom. The SMILES string of the molecule is CN1CCC(N(C)C(=O)c2ccc(Nc3nc4c(C5=CCN(C(=O)N6CC(C)(C)C6)CCC5)cccn4n3)cc2)CC1. The Morgan fingerprint density at radius 2 is 1.76 bits per heavy atom. The second-order valence-electron chi connectivity index (χ2n) is 12.9. The van der Waals surface area contributed by atoms with Crippen molar-refractivity contribution in [1.29, 1.82) is 0 Å². The predicted octanol–water partition coefficient (Wildman–Crippen LogP) is 4.58. The smallest absolute Gasteiger partial charge is 0.320 e. The zero-order valence-electron chi connectivity index (χ0n) is 25.2. The standard InChI is InChI=1S/C32H42N8O2/c1-32(2)21-39(22-32)31(42)38-16-5-7-23(13-20-38)27-8-6-17-40-28(27)34-30(35-40)33-25-11-9-24(10-12-25)29(41)37(4)26-14-18-36(3)19-15-26/h6,8-13,17,26H,5,7,14-16,18-22H2,1-4H3,(H,33,35). The summed E-state index contributed by atoms with van der Waals surface area (Å²) in [6.45, 7) is 9.44. The molecule has 2 saturated heterocycles. The van der Waals surface area contributed by atoms with Gasteiger partial charge in [-0.25, -0.2) is 9.31 Å². The summed E-state index contributed by atoms with van der Waals surface area (Å²) in [5, 5.41) is 7.96. The highest BCUT2D eigenvalue weighted by Gasteiger charge is 2.39. The number of anilines is 2. The number of hydrogen-bond acceptors (Lipinski definition) is 6. The van der Waals surface area contributed by atoms with Crippen LogP contribution in [0.2, 0.25) is 0 Å². The molecule has 3 aliphatic heterocycles. The van der Waals surface area contributed by atoms with E-state index in [-0.39, 0.29) is 23.4 Å². The van der Waals surface area contributed by atoms with Crippen LogP contribution in [0.5, 0.6) is 0 Å². The molecular weight excluding hydrogens is 528 g/mol. The van der Waals surface area contributed by atoms with E-state index in [0.717, 1.165) is 75.3 Å². The van der Waals surface area contributed by atoms with Crippen LogP contribution in [0.1, 0.15) is 55.5 Å². The van der Waals surface area contributed by atoms with E-state index in [4.69, 9.17) is 4.98 Å². The Kier molecular flexibility index (Phi) is 7.66. The van der Waals surface area contributed by atoms with Crippen molar-refractivity contribution >= 4 is 34.8 Å². The summed E-state index contributed by atoms with van der Waals surface area (Å²) >= 11 is 0. The molecule has 0 spiro atoms. The third-order valence-electron chi connectivity index (χ3n) is 8.86. The summed E-state index contributed by atoms with van der Waals surface area (Å²) in [5.74, 6) is 0.550. The van der Waals surface area contributed by atoms with Gasteiger partial charge in [-0.2, -0.15) is 4.98 Å². The summed E-state index contributed by atoms with van der Waals surface area (Å²) in [4.78, 5) is 39.0. The molecule has 3 aromatic rings. The molecule has 1 N–H and O–H groups in total. The highest BCUT2D eigenvalue weighted by Crippen LogP contribution is 2.31. The first kappa shape index (κ1) is 28.2. The van der Waals surface area contributed by atoms with Gasteiger partial charge < -0.3 is 24.9 Å². The molecule has 1 aromatic carbocycles. The first-order chi connectivity index (χ1) is 20.2. The molecule has 222 valence electrons. The minimum atomic E-state index is 0.0530. The van der Waals surface area contributed by atoms with E-state index in [9.17, 15) is 9.59 Å². The number of urea groups is 1. The number of likely N-dealkylation sites (tertiary alicyclic amines) is 2.